The fourth-order valence-corrected chi connectivity index (χ4v) is 2.95. The van der Waals surface area contributed by atoms with Gasteiger partial charge in [-0.2, -0.15) is 0 Å². The first-order valence-corrected chi connectivity index (χ1v) is 6.59. The lowest BCUT2D eigenvalue weighted by molar-refractivity contribution is -0.103. The molecule has 17 heavy (non-hydrogen) atoms. The molecule has 4 N–H and O–H groups in total. The molecule has 5 heteroatoms. The highest BCUT2D eigenvalue weighted by atomic mass is 16.3. The zero-order valence-electron chi connectivity index (χ0n) is 10.6. The molecule has 2 aliphatic rings. The van der Waals surface area contributed by atoms with Crippen LogP contribution in [-0.2, 0) is 0 Å². The highest BCUT2D eigenvalue weighted by Gasteiger charge is 2.48. The van der Waals surface area contributed by atoms with Crippen LogP contribution in [0, 0.1) is 0 Å². The van der Waals surface area contributed by atoms with E-state index < -0.39 is 18.3 Å². The molecule has 0 bridgehead atoms. The molecule has 6 unspecified atom stereocenters. The first-order chi connectivity index (χ1) is 8.04. The number of hydrogen-bond donors (Lipinski definition) is 4. The maximum Gasteiger partial charge on any atom is 0.0994 e. The summed E-state index contributed by atoms with van der Waals surface area (Å²) in [6.45, 7) is 5.66. The average molecular weight is 244 g/mol. The molecule has 2 aliphatic heterocycles. The minimum atomic E-state index is -0.859. The van der Waals surface area contributed by atoms with E-state index in [4.69, 9.17) is 0 Å². The third kappa shape index (κ3) is 2.48. The Morgan fingerprint density at radius 3 is 2.65 bits per heavy atom. The summed E-state index contributed by atoms with van der Waals surface area (Å²) in [6.07, 6.45) is -0.486. The van der Waals surface area contributed by atoms with Crippen LogP contribution in [-0.4, -0.2) is 69.7 Å². The summed E-state index contributed by atoms with van der Waals surface area (Å²) in [5.41, 5.74) is 0. The Hall–Kier alpha value is -0.200. The lowest BCUT2D eigenvalue weighted by atomic mass is 9.91. The molecule has 2 rings (SSSR count). The average Bonchev–Trinajstić information content (AvgIpc) is 2.67. The second-order valence-corrected chi connectivity index (χ2v) is 5.41. The summed E-state index contributed by atoms with van der Waals surface area (Å²) in [5, 5.41) is 33.3. The third-order valence-corrected chi connectivity index (χ3v) is 4.18. The van der Waals surface area contributed by atoms with Gasteiger partial charge in [-0.05, 0) is 19.8 Å². The van der Waals surface area contributed by atoms with Crippen molar-refractivity contribution in [3.8, 4) is 0 Å². The molecular weight excluding hydrogens is 220 g/mol. The van der Waals surface area contributed by atoms with Crippen LogP contribution in [0.1, 0.15) is 26.7 Å². The Morgan fingerprint density at radius 1 is 1.29 bits per heavy atom. The molecule has 100 valence electrons. The molecule has 2 saturated heterocycles. The molecule has 0 spiro atoms. The van der Waals surface area contributed by atoms with Crippen molar-refractivity contribution in [2.75, 3.05) is 13.1 Å². The fourth-order valence-electron chi connectivity index (χ4n) is 2.95. The Bertz CT molecular complexity index is 264. The topological polar surface area (TPSA) is 76.0 Å². The number of nitrogens with zero attached hydrogens (tertiary/aromatic N) is 1. The molecule has 0 aromatic rings. The second kappa shape index (κ2) is 5.20. The van der Waals surface area contributed by atoms with Gasteiger partial charge in [-0.25, -0.2) is 0 Å². The number of fused-ring (bicyclic) bond motifs is 1. The molecule has 0 aromatic carbocycles. The quantitative estimate of drug-likeness (QED) is 0.508. The molecule has 6 atom stereocenters. The number of aliphatic hydroxyl groups excluding tert-OH is 3. The van der Waals surface area contributed by atoms with Gasteiger partial charge in [-0.1, -0.05) is 6.92 Å². The zero-order chi connectivity index (χ0) is 12.6. The van der Waals surface area contributed by atoms with Gasteiger partial charge in [0, 0.05) is 25.2 Å². The van der Waals surface area contributed by atoms with E-state index in [2.05, 4.69) is 24.1 Å². The third-order valence-electron chi connectivity index (χ3n) is 4.18. The smallest absolute Gasteiger partial charge is 0.0994 e. The molecule has 0 amide bonds. The van der Waals surface area contributed by atoms with E-state index in [0.717, 1.165) is 13.0 Å². The lowest BCUT2D eigenvalue weighted by Crippen LogP contribution is -2.65. The van der Waals surface area contributed by atoms with Crippen LogP contribution in [0.5, 0.6) is 0 Å². The summed E-state index contributed by atoms with van der Waals surface area (Å²) in [7, 11) is 0. The van der Waals surface area contributed by atoms with Gasteiger partial charge >= 0.3 is 0 Å². The molecule has 0 radical (unpaired) electrons. The van der Waals surface area contributed by atoms with E-state index in [-0.39, 0.29) is 12.1 Å². The van der Waals surface area contributed by atoms with Gasteiger partial charge in [0.2, 0.25) is 0 Å². The van der Waals surface area contributed by atoms with Gasteiger partial charge in [0.05, 0.1) is 24.4 Å². The van der Waals surface area contributed by atoms with Crippen molar-refractivity contribution in [3.63, 3.8) is 0 Å². The van der Waals surface area contributed by atoms with E-state index in [9.17, 15) is 15.3 Å². The Morgan fingerprint density at radius 2 is 2.00 bits per heavy atom. The molecular formula is C12H24N2O3. The van der Waals surface area contributed by atoms with Gasteiger partial charge in [-0.15, -0.1) is 0 Å². The highest BCUT2D eigenvalue weighted by Crippen LogP contribution is 2.28. The van der Waals surface area contributed by atoms with Crippen molar-refractivity contribution in [1.82, 2.24) is 10.2 Å². The van der Waals surface area contributed by atoms with E-state index in [0.29, 0.717) is 19.0 Å². The molecule has 0 aromatic heterocycles. The van der Waals surface area contributed by atoms with Crippen LogP contribution in [0.3, 0.4) is 0 Å². The summed E-state index contributed by atoms with van der Waals surface area (Å²) >= 11 is 0. The monoisotopic (exact) mass is 244 g/mol. The van der Waals surface area contributed by atoms with Gasteiger partial charge in [0.15, 0.2) is 0 Å². The lowest BCUT2D eigenvalue weighted by Gasteiger charge is -2.44. The van der Waals surface area contributed by atoms with E-state index in [1.54, 1.807) is 0 Å². The largest absolute Gasteiger partial charge is 0.391 e. The maximum atomic E-state index is 10.1. The number of nitrogens with one attached hydrogen (secondary N) is 1. The van der Waals surface area contributed by atoms with Gasteiger partial charge in [0.25, 0.3) is 0 Å². The summed E-state index contributed by atoms with van der Waals surface area (Å²) in [5.74, 6) is 0. The second-order valence-electron chi connectivity index (χ2n) is 5.41. The van der Waals surface area contributed by atoms with E-state index >= 15 is 0 Å². The molecule has 0 saturated carbocycles. The molecule has 2 fully saturated rings. The predicted octanol–water partition coefficient (Wildman–Crippen LogP) is -1.09. The van der Waals surface area contributed by atoms with Crippen LogP contribution in [0.25, 0.3) is 0 Å². The molecule has 2 heterocycles. The van der Waals surface area contributed by atoms with Gasteiger partial charge in [0.1, 0.15) is 0 Å². The van der Waals surface area contributed by atoms with Gasteiger partial charge in [-0.3, -0.25) is 4.90 Å². The first kappa shape index (κ1) is 13.2. The fraction of sp³-hybridized carbons (Fsp3) is 1.00. The van der Waals surface area contributed by atoms with E-state index in [1.807, 2.05) is 0 Å². The van der Waals surface area contributed by atoms with Gasteiger partial charge < -0.3 is 20.6 Å². The Kier molecular flexibility index (Phi) is 4.05. The Labute approximate surface area is 102 Å². The number of rotatable bonds is 3. The standard InChI is InChI=1S/C12H24N2O3/c1-3-7(2)13-8-6-14-5-4-9(15)10(14)12(17)11(8)16/h7-13,15-17H,3-6H2,1-2H3. The minimum absolute atomic E-state index is 0.110. The molecule has 0 aliphatic carbocycles. The van der Waals surface area contributed by atoms with Crippen LogP contribution in [0.4, 0.5) is 0 Å². The van der Waals surface area contributed by atoms with Crippen molar-refractivity contribution in [2.24, 2.45) is 0 Å². The summed E-state index contributed by atoms with van der Waals surface area (Å²) in [4.78, 5) is 2.09. The first-order valence-electron chi connectivity index (χ1n) is 6.59. The van der Waals surface area contributed by atoms with E-state index in [1.165, 1.54) is 0 Å². The zero-order valence-corrected chi connectivity index (χ0v) is 10.6. The summed E-state index contributed by atoms with van der Waals surface area (Å²) in [6, 6.07) is -0.0765. The van der Waals surface area contributed by atoms with Crippen molar-refractivity contribution in [1.29, 1.82) is 0 Å². The number of piperidine rings is 1. The Balaban J connectivity index is 2.02. The normalized spacial score (nSPS) is 44.6. The maximum absolute atomic E-state index is 10.1. The van der Waals surface area contributed by atoms with Crippen molar-refractivity contribution in [2.45, 2.75) is 63.1 Å². The van der Waals surface area contributed by atoms with Crippen molar-refractivity contribution < 1.29 is 15.3 Å². The SMILES string of the molecule is CCC(C)NC1CN2CCC(O)C2C(O)C1O. The van der Waals surface area contributed by atoms with Crippen LogP contribution < -0.4 is 5.32 Å². The van der Waals surface area contributed by atoms with Crippen molar-refractivity contribution in [3.05, 3.63) is 0 Å². The predicted molar refractivity (Wildman–Crippen MR) is 64.7 cm³/mol. The molecule has 5 nitrogen and oxygen atoms in total. The number of hydrogen-bond acceptors (Lipinski definition) is 5. The number of aliphatic hydroxyl groups is 3. The van der Waals surface area contributed by atoms with Crippen LogP contribution in [0.15, 0.2) is 0 Å². The van der Waals surface area contributed by atoms with Crippen molar-refractivity contribution >= 4 is 0 Å². The highest BCUT2D eigenvalue weighted by molar-refractivity contribution is 5.03. The van der Waals surface area contributed by atoms with Crippen LogP contribution >= 0.6 is 0 Å². The van der Waals surface area contributed by atoms with Crippen LogP contribution in [0.2, 0.25) is 0 Å². The minimum Gasteiger partial charge on any atom is -0.391 e. The summed E-state index contributed by atoms with van der Waals surface area (Å²) < 4.78 is 0.